The third-order valence-corrected chi connectivity index (χ3v) is 1.75. The molecule has 1 aromatic rings. The molecule has 1 saturated carbocycles. The summed E-state index contributed by atoms with van der Waals surface area (Å²) in [5.41, 5.74) is 1.21. The molecule has 0 amide bonds. The van der Waals surface area contributed by atoms with Crippen molar-refractivity contribution in [3.63, 3.8) is 0 Å². The Morgan fingerprint density at radius 2 is 1.60 bits per heavy atom. The van der Waals surface area contributed by atoms with Gasteiger partial charge in [0.15, 0.2) is 0 Å². The molecule has 1 radical (unpaired) electrons. The van der Waals surface area contributed by atoms with Gasteiger partial charge in [0, 0.05) is 5.92 Å². The largest absolute Gasteiger partial charge is 0.207 e. The fraction of sp³-hybridized carbons (Fsp3) is 0.222. The van der Waals surface area contributed by atoms with E-state index in [-0.39, 0.29) is 5.82 Å². The van der Waals surface area contributed by atoms with E-state index < -0.39 is 0 Å². The smallest absolute Gasteiger partial charge is 0.123 e. The molecule has 1 aliphatic carbocycles. The van der Waals surface area contributed by atoms with Gasteiger partial charge in [0.2, 0.25) is 0 Å². The van der Waals surface area contributed by atoms with Gasteiger partial charge in [0.25, 0.3) is 0 Å². The van der Waals surface area contributed by atoms with Crippen LogP contribution in [0.4, 0.5) is 4.39 Å². The maximum absolute atomic E-state index is 12.4. The van der Waals surface area contributed by atoms with E-state index in [2.05, 4.69) is 0 Å². The lowest BCUT2D eigenvalue weighted by molar-refractivity contribution is 0.627. The van der Waals surface area contributed by atoms with Gasteiger partial charge in [0.05, 0.1) is 0 Å². The van der Waals surface area contributed by atoms with Gasteiger partial charge in [-0.2, -0.15) is 0 Å². The molecule has 0 nitrogen and oxygen atoms in total. The number of rotatable bonds is 1. The lowest BCUT2D eigenvalue weighted by Gasteiger charge is -1.93. The predicted octanol–water partition coefficient (Wildman–Crippen LogP) is 2.54. The van der Waals surface area contributed by atoms with Crippen LogP contribution in [-0.2, 0) is 0 Å². The first-order valence-electron chi connectivity index (χ1n) is 3.47. The second-order valence-corrected chi connectivity index (χ2v) is 2.61. The monoisotopic (exact) mass is 135 g/mol. The van der Waals surface area contributed by atoms with E-state index in [1.807, 2.05) is 12.1 Å². The minimum Gasteiger partial charge on any atom is -0.207 e. The average molecular weight is 135 g/mol. The Kier molecular flexibility index (Phi) is 1.23. The van der Waals surface area contributed by atoms with Crippen LogP contribution in [0.25, 0.3) is 0 Å². The normalized spacial score (nSPS) is 17.3. The summed E-state index contributed by atoms with van der Waals surface area (Å²) >= 11 is 0. The Morgan fingerprint density at radius 1 is 1.00 bits per heavy atom. The zero-order valence-electron chi connectivity index (χ0n) is 5.60. The Balaban J connectivity index is 2.28. The quantitative estimate of drug-likeness (QED) is 0.555. The number of hydrogen-bond acceptors (Lipinski definition) is 0. The summed E-state index contributed by atoms with van der Waals surface area (Å²) in [5, 5.41) is 0. The summed E-state index contributed by atoms with van der Waals surface area (Å²) in [4.78, 5) is 0. The minimum atomic E-state index is -0.148. The minimum absolute atomic E-state index is 0.148. The second kappa shape index (κ2) is 2.08. The molecule has 0 aliphatic heterocycles. The summed E-state index contributed by atoms with van der Waals surface area (Å²) in [6.45, 7) is 0. The molecule has 51 valence electrons. The van der Waals surface area contributed by atoms with Crippen LogP contribution in [0.2, 0.25) is 0 Å². The number of halogens is 1. The molecule has 0 bridgehead atoms. The molecule has 10 heavy (non-hydrogen) atoms. The van der Waals surface area contributed by atoms with Crippen molar-refractivity contribution in [2.24, 2.45) is 0 Å². The van der Waals surface area contributed by atoms with Crippen molar-refractivity contribution in [2.75, 3.05) is 0 Å². The fourth-order valence-corrected chi connectivity index (χ4v) is 1.04. The topological polar surface area (TPSA) is 0 Å². The van der Waals surface area contributed by atoms with Gasteiger partial charge in [-0.1, -0.05) is 12.1 Å². The number of benzene rings is 1. The molecule has 1 aromatic carbocycles. The van der Waals surface area contributed by atoms with Gasteiger partial charge >= 0.3 is 0 Å². The second-order valence-electron chi connectivity index (χ2n) is 2.61. The standard InChI is InChI=1S/C9H8F/c10-9-5-3-8(4-6-9)7-1-2-7/h3-6H,1-2H2. The molecule has 0 atom stereocenters. The molecule has 1 aliphatic rings. The van der Waals surface area contributed by atoms with Crippen LogP contribution in [0.5, 0.6) is 0 Å². The third-order valence-electron chi connectivity index (χ3n) is 1.75. The lowest BCUT2D eigenvalue weighted by atomic mass is 10.1. The molecule has 0 unspecified atom stereocenters. The van der Waals surface area contributed by atoms with Crippen molar-refractivity contribution in [2.45, 2.75) is 12.8 Å². The molecular formula is C9H8F. The van der Waals surface area contributed by atoms with Crippen LogP contribution >= 0.6 is 0 Å². The van der Waals surface area contributed by atoms with Crippen molar-refractivity contribution >= 4 is 0 Å². The van der Waals surface area contributed by atoms with E-state index in [4.69, 9.17) is 0 Å². The SMILES string of the molecule is Fc1ccc([C]2CC2)cc1. The van der Waals surface area contributed by atoms with Crippen molar-refractivity contribution in [3.05, 3.63) is 41.6 Å². The lowest BCUT2D eigenvalue weighted by Crippen LogP contribution is -1.78. The van der Waals surface area contributed by atoms with E-state index in [9.17, 15) is 4.39 Å². The summed E-state index contributed by atoms with van der Waals surface area (Å²) < 4.78 is 12.4. The predicted molar refractivity (Wildman–Crippen MR) is 38.0 cm³/mol. The van der Waals surface area contributed by atoms with Crippen LogP contribution in [0.3, 0.4) is 0 Å². The van der Waals surface area contributed by atoms with Crippen LogP contribution in [0.1, 0.15) is 18.4 Å². The summed E-state index contributed by atoms with van der Waals surface area (Å²) in [6, 6.07) is 6.72. The van der Waals surface area contributed by atoms with Gasteiger partial charge in [-0.05, 0) is 30.5 Å². The highest BCUT2D eigenvalue weighted by Gasteiger charge is 2.23. The third kappa shape index (κ3) is 1.04. The van der Waals surface area contributed by atoms with Crippen molar-refractivity contribution in [3.8, 4) is 0 Å². The maximum Gasteiger partial charge on any atom is 0.123 e. The fourth-order valence-electron chi connectivity index (χ4n) is 1.04. The molecule has 2 rings (SSSR count). The van der Waals surface area contributed by atoms with Crippen molar-refractivity contribution in [1.29, 1.82) is 0 Å². The van der Waals surface area contributed by atoms with Crippen molar-refractivity contribution in [1.82, 2.24) is 0 Å². The van der Waals surface area contributed by atoms with Crippen LogP contribution in [0.15, 0.2) is 24.3 Å². The Labute approximate surface area is 59.7 Å². The maximum atomic E-state index is 12.4. The summed E-state index contributed by atoms with van der Waals surface area (Å²) in [6.07, 6.45) is 2.40. The average Bonchev–Trinajstić information content (AvgIpc) is 2.71. The molecule has 0 N–H and O–H groups in total. The Morgan fingerprint density at radius 3 is 2.10 bits per heavy atom. The summed E-state index contributed by atoms with van der Waals surface area (Å²) in [5.74, 6) is 1.31. The van der Waals surface area contributed by atoms with Gasteiger partial charge in [-0.25, -0.2) is 4.39 Å². The molecule has 0 aromatic heterocycles. The van der Waals surface area contributed by atoms with Gasteiger partial charge in [-0.15, -0.1) is 0 Å². The molecule has 1 fully saturated rings. The van der Waals surface area contributed by atoms with Gasteiger partial charge in [0.1, 0.15) is 5.82 Å². The molecule has 0 saturated heterocycles. The van der Waals surface area contributed by atoms with E-state index in [0.717, 1.165) is 0 Å². The van der Waals surface area contributed by atoms with E-state index in [0.29, 0.717) is 0 Å². The zero-order valence-corrected chi connectivity index (χ0v) is 5.60. The van der Waals surface area contributed by atoms with Gasteiger partial charge < -0.3 is 0 Å². The highest BCUT2D eigenvalue weighted by atomic mass is 19.1. The van der Waals surface area contributed by atoms with Crippen LogP contribution in [0, 0.1) is 11.7 Å². The molecule has 0 spiro atoms. The zero-order chi connectivity index (χ0) is 6.97. The summed E-state index contributed by atoms with van der Waals surface area (Å²) in [7, 11) is 0. The first kappa shape index (κ1) is 5.90. The Hall–Kier alpha value is -0.850. The van der Waals surface area contributed by atoms with Crippen molar-refractivity contribution < 1.29 is 4.39 Å². The first-order valence-corrected chi connectivity index (χ1v) is 3.47. The molecular weight excluding hydrogens is 127 g/mol. The van der Waals surface area contributed by atoms with Crippen LogP contribution < -0.4 is 0 Å². The van der Waals surface area contributed by atoms with Gasteiger partial charge in [-0.3, -0.25) is 0 Å². The number of hydrogen-bond donors (Lipinski definition) is 0. The highest BCUT2D eigenvalue weighted by molar-refractivity contribution is 5.37. The van der Waals surface area contributed by atoms with E-state index >= 15 is 0 Å². The molecule has 0 heterocycles. The molecule has 1 heteroatoms. The van der Waals surface area contributed by atoms with E-state index in [1.54, 1.807) is 0 Å². The Bertz CT molecular complexity index is 221. The first-order chi connectivity index (χ1) is 4.86. The highest BCUT2D eigenvalue weighted by Crippen LogP contribution is 2.38. The van der Waals surface area contributed by atoms with Crippen LogP contribution in [-0.4, -0.2) is 0 Å². The van der Waals surface area contributed by atoms with E-state index in [1.165, 1.54) is 36.5 Å².